The lowest BCUT2D eigenvalue weighted by Gasteiger charge is -2.18. The highest BCUT2D eigenvalue weighted by molar-refractivity contribution is 7.89. The molecule has 0 fully saturated rings. The Hall–Kier alpha value is -0.920. The van der Waals surface area contributed by atoms with Crippen LogP contribution in [-0.4, -0.2) is 36.1 Å². The average molecular weight is 247 g/mol. The van der Waals surface area contributed by atoms with Crippen molar-refractivity contribution in [2.45, 2.75) is 31.8 Å². The van der Waals surface area contributed by atoms with E-state index in [2.05, 4.69) is 14.7 Å². The molecule has 0 aliphatic carbocycles. The Balaban J connectivity index is 2.87. The Morgan fingerprint density at radius 2 is 2.19 bits per heavy atom. The van der Waals surface area contributed by atoms with Gasteiger partial charge in [0, 0.05) is 6.04 Å². The summed E-state index contributed by atoms with van der Waals surface area (Å²) in [6.07, 6.45) is 1.26. The molecule has 1 heterocycles. The van der Waals surface area contributed by atoms with E-state index in [9.17, 15) is 8.42 Å². The molecule has 1 unspecified atom stereocenters. The number of aliphatic hydroxyl groups excluding tert-OH is 1. The number of nitrogens with one attached hydrogen (secondary N) is 2. The minimum Gasteiger partial charge on any atom is -0.395 e. The third-order valence-corrected chi connectivity index (χ3v) is 3.68. The van der Waals surface area contributed by atoms with Crippen LogP contribution in [0.15, 0.2) is 11.2 Å². The fourth-order valence-electron chi connectivity index (χ4n) is 1.18. The molecule has 1 rings (SSSR count). The third-order valence-electron chi connectivity index (χ3n) is 2.28. The zero-order valence-corrected chi connectivity index (χ0v) is 10.4. The number of hydrogen-bond donors (Lipinski definition) is 3. The first-order valence-electron chi connectivity index (χ1n) is 5.01. The van der Waals surface area contributed by atoms with Crippen LogP contribution >= 0.6 is 0 Å². The number of aliphatic hydroxyl groups is 1. The van der Waals surface area contributed by atoms with E-state index in [4.69, 9.17) is 5.11 Å². The highest BCUT2D eigenvalue weighted by Gasteiger charge is 2.23. The van der Waals surface area contributed by atoms with Gasteiger partial charge in [-0.1, -0.05) is 13.8 Å². The third kappa shape index (κ3) is 3.03. The minimum atomic E-state index is -3.62. The molecular formula is C9H17N3O3S. The van der Waals surface area contributed by atoms with Crippen molar-refractivity contribution in [3.05, 3.63) is 12.0 Å². The lowest BCUT2D eigenvalue weighted by atomic mass is 10.1. The first-order chi connectivity index (χ1) is 7.36. The summed E-state index contributed by atoms with van der Waals surface area (Å²) in [6.45, 7) is 5.11. The largest absolute Gasteiger partial charge is 0.395 e. The summed E-state index contributed by atoms with van der Waals surface area (Å²) in [5.41, 5.74) is 0. The number of sulfonamides is 1. The molecule has 0 aliphatic rings. The van der Waals surface area contributed by atoms with Gasteiger partial charge in [-0.15, -0.1) is 0 Å². The van der Waals surface area contributed by atoms with E-state index in [1.807, 2.05) is 13.8 Å². The second-order valence-corrected chi connectivity index (χ2v) is 5.67. The summed E-state index contributed by atoms with van der Waals surface area (Å²) in [4.78, 5) is 6.47. The number of aromatic amines is 1. The standard InChI is InChI=1S/C9H17N3O3S/c1-6(2)8(5-13)12-16(14,15)9-4-10-7(3)11-9/h4,6,8,12-13H,5H2,1-3H3,(H,10,11). The molecule has 16 heavy (non-hydrogen) atoms. The fraction of sp³-hybridized carbons (Fsp3) is 0.667. The highest BCUT2D eigenvalue weighted by Crippen LogP contribution is 2.09. The Morgan fingerprint density at radius 3 is 2.56 bits per heavy atom. The zero-order valence-electron chi connectivity index (χ0n) is 9.56. The molecule has 0 bridgehead atoms. The van der Waals surface area contributed by atoms with Crippen molar-refractivity contribution in [2.75, 3.05) is 6.61 Å². The van der Waals surface area contributed by atoms with E-state index < -0.39 is 16.1 Å². The van der Waals surface area contributed by atoms with Crippen molar-refractivity contribution >= 4 is 10.0 Å². The van der Waals surface area contributed by atoms with E-state index in [-0.39, 0.29) is 17.6 Å². The minimum absolute atomic E-state index is 0.0174. The van der Waals surface area contributed by atoms with Crippen molar-refractivity contribution < 1.29 is 13.5 Å². The van der Waals surface area contributed by atoms with Gasteiger partial charge in [-0.05, 0) is 12.8 Å². The van der Waals surface area contributed by atoms with Crippen LogP contribution < -0.4 is 4.72 Å². The molecular weight excluding hydrogens is 230 g/mol. The maximum Gasteiger partial charge on any atom is 0.257 e. The number of hydrogen-bond acceptors (Lipinski definition) is 4. The average Bonchev–Trinajstić information content (AvgIpc) is 2.61. The number of aryl methyl sites for hydroxylation is 1. The summed E-state index contributed by atoms with van der Waals surface area (Å²) >= 11 is 0. The predicted molar refractivity (Wildman–Crippen MR) is 59.4 cm³/mol. The second-order valence-electron chi connectivity index (χ2n) is 3.99. The Morgan fingerprint density at radius 1 is 1.56 bits per heavy atom. The second kappa shape index (κ2) is 4.94. The van der Waals surface area contributed by atoms with Crippen molar-refractivity contribution in [1.82, 2.24) is 14.7 Å². The first-order valence-corrected chi connectivity index (χ1v) is 6.50. The molecule has 7 heteroatoms. The summed E-state index contributed by atoms with van der Waals surface area (Å²) in [5.74, 6) is 0.550. The molecule has 1 atom stereocenters. The normalized spacial score (nSPS) is 14.3. The van der Waals surface area contributed by atoms with Gasteiger partial charge in [0.2, 0.25) is 0 Å². The number of imidazole rings is 1. The van der Waals surface area contributed by atoms with Gasteiger partial charge in [-0.25, -0.2) is 18.1 Å². The van der Waals surface area contributed by atoms with Gasteiger partial charge in [-0.3, -0.25) is 0 Å². The SMILES string of the molecule is Cc1ncc(S(=O)(=O)NC(CO)C(C)C)[nH]1. The van der Waals surface area contributed by atoms with E-state index in [0.717, 1.165) is 0 Å². The molecule has 0 spiro atoms. The van der Waals surface area contributed by atoms with Crippen LogP contribution in [-0.2, 0) is 10.0 Å². The topological polar surface area (TPSA) is 95.1 Å². The van der Waals surface area contributed by atoms with Crippen LogP contribution in [0, 0.1) is 12.8 Å². The molecule has 0 saturated heterocycles. The fourth-order valence-corrected chi connectivity index (χ4v) is 2.53. The van der Waals surface area contributed by atoms with E-state index >= 15 is 0 Å². The van der Waals surface area contributed by atoms with Gasteiger partial charge in [-0.2, -0.15) is 0 Å². The maximum atomic E-state index is 11.8. The van der Waals surface area contributed by atoms with Crippen molar-refractivity contribution in [2.24, 2.45) is 5.92 Å². The Kier molecular flexibility index (Phi) is 4.06. The van der Waals surface area contributed by atoms with Crippen molar-refractivity contribution in [3.63, 3.8) is 0 Å². The van der Waals surface area contributed by atoms with Crippen LogP contribution in [0.3, 0.4) is 0 Å². The molecule has 0 saturated carbocycles. The first kappa shape index (κ1) is 13.1. The monoisotopic (exact) mass is 247 g/mol. The maximum absolute atomic E-state index is 11.8. The molecule has 0 aromatic carbocycles. The summed E-state index contributed by atoms with van der Waals surface area (Å²) in [7, 11) is -3.62. The van der Waals surface area contributed by atoms with E-state index in [0.29, 0.717) is 5.82 Å². The molecule has 1 aromatic heterocycles. The van der Waals surface area contributed by atoms with Crippen molar-refractivity contribution in [1.29, 1.82) is 0 Å². The summed E-state index contributed by atoms with van der Waals surface area (Å²) in [6, 6.07) is -0.492. The Bertz CT molecular complexity index is 439. The van der Waals surface area contributed by atoms with Gasteiger partial charge in [0.25, 0.3) is 10.0 Å². The van der Waals surface area contributed by atoms with Gasteiger partial charge in [0.1, 0.15) is 5.82 Å². The number of nitrogens with zero attached hydrogens (tertiary/aromatic N) is 1. The molecule has 6 nitrogen and oxygen atoms in total. The number of aromatic nitrogens is 2. The molecule has 0 aliphatic heterocycles. The molecule has 0 amide bonds. The van der Waals surface area contributed by atoms with Crippen LogP contribution in [0.4, 0.5) is 0 Å². The van der Waals surface area contributed by atoms with Crippen LogP contribution in [0.25, 0.3) is 0 Å². The van der Waals surface area contributed by atoms with Gasteiger partial charge in [0.05, 0.1) is 12.8 Å². The predicted octanol–water partition coefficient (Wildman–Crippen LogP) is 0.0133. The van der Waals surface area contributed by atoms with Crippen LogP contribution in [0.1, 0.15) is 19.7 Å². The van der Waals surface area contributed by atoms with Crippen molar-refractivity contribution in [3.8, 4) is 0 Å². The lowest BCUT2D eigenvalue weighted by Crippen LogP contribution is -2.41. The van der Waals surface area contributed by atoms with E-state index in [1.165, 1.54) is 6.20 Å². The van der Waals surface area contributed by atoms with Gasteiger partial charge < -0.3 is 10.1 Å². The smallest absolute Gasteiger partial charge is 0.257 e. The quantitative estimate of drug-likeness (QED) is 0.683. The molecule has 3 N–H and O–H groups in total. The van der Waals surface area contributed by atoms with Crippen LogP contribution in [0.5, 0.6) is 0 Å². The Labute approximate surface area is 95.2 Å². The highest BCUT2D eigenvalue weighted by atomic mass is 32.2. The summed E-state index contributed by atoms with van der Waals surface area (Å²) < 4.78 is 26.1. The zero-order chi connectivity index (χ0) is 12.3. The number of rotatable bonds is 5. The molecule has 1 aromatic rings. The van der Waals surface area contributed by atoms with Crippen LogP contribution in [0.2, 0.25) is 0 Å². The van der Waals surface area contributed by atoms with E-state index in [1.54, 1.807) is 6.92 Å². The number of H-pyrrole nitrogens is 1. The lowest BCUT2D eigenvalue weighted by molar-refractivity contribution is 0.227. The van der Waals surface area contributed by atoms with Gasteiger partial charge in [0.15, 0.2) is 5.03 Å². The summed E-state index contributed by atoms with van der Waals surface area (Å²) in [5, 5.41) is 9.08. The molecule has 92 valence electrons. The molecule has 0 radical (unpaired) electrons. The van der Waals surface area contributed by atoms with Gasteiger partial charge >= 0.3 is 0 Å².